The first-order valence-electron chi connectivity index (χ1n) is 6.27. The summed E-state index contributed by atoms with van der Waals surface area (Å²) in [4.78, 5) is 12.0. The Morgan fingerprint density at radius 3 is 2.75 bits per heavy atom. The number of hydrogen-bond donors (Lipinski definition) is 1. The van der Waals surface area contributed by atoms with Gasteiger partial charge in [-0.1, -0.05) is 29.8 Å². The van der Waals surface area contributed by atoms with Crippen LogP contribution in [0.1, 0.15) is 11.1 Å². The van der Waals surface area contributed by atoms with Gasteiger partial charge in [0.25, 0.3) is 0 Å². The molecule has 0 heterocycles. The highest BCUT2D eigenvalue weighted by atomic mass is 35.5. The van der Waals surface area contributed by atoms with Gasteiger partial charge in [0.1, 0.15) is 5.75 Å². The number of benzene rings is 2. The number of amides is 1. The first-order chi connectivity index (χ1) is 9.58. The van der Waals surface area contributed by atoms with Crippen LogP contribution < -0.4 is 10.1 Å². The fourth-order valence-corrected chi connectivity index (χ4v) is 2.17. The highest BCUT2D eigenvalue weighted by Crippen LogP contribution is 2.23. The number of carbonyl (C=O) groups excluding carboxylic acids is 1. The van der Waals surface area contributed by atoms with Crippen molar-refractivity contribution in [1.29, 1.82) is 0 Å². The Bertz CT molecular complexity index is 626. The van der Waals surface area contributed by atoms with E-state index in [1.165, 1.54) is 0 Å². The van der Waals surface area contributed by atoms with Gasteiger partial charge in [0.2, 0.25) is 5.91 Å². The van der Waals surface area contributed by atoms with E-state index in [0.717, 1.165) is 16.9 Å². The third-order valence-electron chi connectivity index (χ3n) is 2.90. The average Bonchev–Trinajstić information content (AvgIpc) is 2.42. The van der Waals surface area contributed by atoms with Crippen molar-refractivity contribution >= 4 is 23.2 Å². The molecule has 1 N–H and O–H groups in total. The van der Waals surface area contributed by atoms with Crippen LogP contribution in [-0.2, 0) is 11.2 Å². The molecule has 20 heavy (non-hydrogen) atoms. The number of anilines is 1. The molecule has 0 atom stereocenters. The molecule has 0 saturated carbocycles. The normalized spacial score (nSPS) is 10.2. The molecule has 2 aromatic carbocycles. The zero-order chi connectivity index (χ0) is 14.5. The van der Waals surface area contributed by atoms with Gasteiger partial charge in [-0.05, 0) is 42.3 Å². The van der Waals surface area contributed by atoms with Crippen LogP contribution in [-0.4, -0.2) is 13.0 Å². The molecule has 0 radical (unpaired) electrons. The van der Waals surface area contributed by atoms with Gasteiger partial charge >= 0.3 is 0 Å². The van der Waals surface area contributed by atoms with Crippen molar-refractivity contribution < 1.29 is 9.53 Å². The van der Waals surface area contributed by atoms with E-state index >= 15 is 0 Å². The van der Waals surface area contributed by atoms with Crippen molar-refractivity contribution in [2.24, 2.45) is 0 Å². The van der Waals surface area contributed by atoms with E-state index in [0.29, 0.717) is 10.7 Å². The van der Waals surface area contributed by atoms with Crippen molar-refractivity contribution in [1.82, 2.24) is 0 Å². The summed E-state index contributed by atoms with van der Waals surface area (Å²) in [6, 6.07) is 13.0. The minimum atomic E-state index is -0.107. The maximum atomic E-state index is 12.0. The van der Waals surface area contributed by atoms with Crippen molar-refractivity contribution in [3.8, 4) is 5.75 Å². The molecule has 104 valence electrons. The molecule has 2 aromatic rings. The first kappa shape index (κ1) is 14.4. The van der Waals surface area contributed by atoms with Crippen molar-refractivity contribution in [3.63, 3.8) is 0 Å². The average molecular weight is 290 g/mol. The molecule has 0 fully saturated rings. The highest BCUT2D eigenvalue weighted by molar-refractivity contribution is 6.33. The van der Waals surface area contributed by atoms with E-state index in [4.69, 9.17) is 16.3 Å². The molecule has 0 aliphatic rings. The lowest BCUT2D eigenvalue weighted by Crippen LogP contribution is -2.14. The maximum absolute atomic E-state index is 12.0. The number of halogens is 1. The van der Waals surface area contributed by atoms with Gasteiger partial charge in [-0.2, -0.15) is 0 Å². The zero-order valence-corrected chi connectivity index (χ0v) is 12.2. The minimum absolute atomic E-state index is 0.107. The zero-order valence-electron chi connectivity index (χ0n) is 11.4. The number of aryl methyl sites for hydroxylation is 1. The van der Waals surface area contributed by atoms with Gasteiger partial charge in [-0.15, -0.1) is 0 Å². The summed E-state index contributed by atoms with van der Waals surface area (Å²) >= 11 is 6.09. The van der Waals surface area contributed by atoms with E-state index in [-0.39, 0.29) is 12.3 Å². The van der Waals surface area contributed by atoms with Crippen LogP contribution in [0.3, 0.4) is 0 Å². The topological polar surface area (TPSA) is 38.3 Å². The van der Waals surface area contributed by atoms with Gasteiger partial charge in [0, 0.05) is 0 Å². The Morgan fingerprint density at radius 1 is 1.25 bits per heavy atom. The second-order valence-electron chi connectivity index (χ2n) is 4.56. The van der Waals surface area contributed by atoms with Gasteiger partial charge in [0.05, 0.1) is 24.2 Å². The lowest BCUT2D eigenvalue weighted by molar-refractivity contribution is -0.115. The molecule has 0 spiro atoms. The largest absolute Gasteiger partial charge is 0.497 e. The molecule has 0 unspecified atom stereocenters. The fraction of sp³-hybridized carbons (Fsp3) is 0.188. The molecular formula is C16H16ClNO2. The fourth-order valence-electron chi connectivity index (χ4n) is 1.88. The number of hydrogen-bond acceptors (Lipinski definition) is 2. The number of rotatable bonds is 4. The molecule has 0 aliphatic carbocycles. The van der Waals surface area contributed by atoms with Gasteiger partial charge in [-0.25, -0.2) is 0 Å². The predicted octanol–water partition coefficient (Wildman–Crippen LogP) is 3.84. The van der Waals surface area contributed by atoms with E-state index in [9.17, 15) is 4.79 Å². The molecule has 0 saturated heterocycles. The summed E-state index contributed by atoms with van der Waals surface area (Å²) < 4.78 is 5.13. The van der Waals surface area contributed by atoms with E-state index < -0.39 is 0 Å². The van der Waals surface area contributed by atoms with Crippen molar-refractivity contribution in [3.05, 3.63) is 58.6 Å². The number of ether oxygens (including phenoxy) is 1. The SMILES string of the molecule is COc1cccc(CC(=O)Nc2ccc(C)cc2Cl)c1. The van der Waals surface area contributed by atoms with Crippen LogP contribution in [0, 0.1) is 6.92 Å². The minimum Gasteiger partial charge on any atom is -0.497 e. The smallest absolute Gasteiger partial charge is 0.228 e. The third kappa shape index (κ3) is 3.75. The van der Waals surface area contributed by atoms with Crippen molar-refractivity contribution in [2.45, 2.75) is 13.3 Å². The molecule has 2 rings (SSSR count). The van der Waals surface area contributed by atoms with Gasteiger partial charge < -0.3 is 10.1 Å². The Kier molecular flexibility index (Phi) is 4.64. The summed E-state index contributed by atoms with van der Waals surface area (Å²) in [5.74, 6) is 0.632. The standard InChI is InChI=1S/C16H16ClNO2/c1-11-6-7-15(14(17)8-11)18-16(19)10-12-4-3-5-13(9-12)20-2/h3-9H,10H2,1-2H3,(H,18,19). The Labute approximate surface area is 123 Å². The quantitative estimate of drug-likeness (QED) is 0.929. The number of nitrogens with one attached hydrogen (secondary N) is 1. The van der Waals surface area contributed by atoms with Crippen LogP contribution in [0.2, 0.25) is 5.02 Å². The number of methoxy groups -OCH3 is 1. The van der Waals surface area contributed by atoms with Gasteiger partial charge in [0.15, 0.2) is 0 Å². The van der Waals surface area contributed by atoms with E-state index in [1.807, 2.05) is 43.3 Å². The Balaban J connectivity index is 2.05. The Morgan fingerprint density at radius 2 is 2.05 bits per heavy atom. The van der Waals surface area contributed by atoms with Crippen LogP contribution in [0.15, 0.2) is 42.5 Å². The second-order valence-corrected chi connectivity index (χ2v) is 4.97. The predicted molar refractivity (Wildman–Crippen MR) is 81.5 cm³/mol. The van der Waals surface area contributed by atoms with Gasteiger partial charge in [-0.3, -0.25) is 4.79 Å². The summed E-state index contributed by atoms with van der Waals surface area (Å²) in [5.41, 5.74) is 2.58. The first-order valence-corrected chi connectivity index (χ1v) is 6.65. The van der Waals surface area contributed by atoms with Crippen LogP contribution in [0.4, 0.5) is 5.69 Å². The van der Waals surface area contributed by atoms with E-state index in [1.54, 1.807) is 13.2 Å². The Hall–Kier alpha value is -2.00. The second kappa shape index (κ2) is 6.44. The maximum Gasteiger partial charge on any atom is 0.228 e. The lowest BCUT2D eigenvalue weighted by atomic mass is 10.1. The molecule has 4 heteroatoms. The van der Waals surface area contributed by atoms with Crippen LogP contribution in [0.5, 0.6) is 5.75 Å². The molecule has 1 amide bonds. The molecule has 0 aromatic heterocycles. The van der Waals surface area contributed by atoms with Crippen LogP contribution in [0.25, 0.3) is 0 Å². The molecule has 0 bridgehead atoms. The third-order valence-corrected chi connectivity index (χ3v) is 3.21. The molecule has 3 nitrogen and oxygen atoms in total. The summed E-state index contributed by atoms with van der Waals surface area (Å²) in [5, 5.41) is 3.36. The summed E-state index contributed by atoms with van der Waals surface area (Å²) in [6.45, 7) is 1.95. The van der Waals surface area contributed by atoms with Crippen molar-refractivity contribution in [2.75, 3.05) is 12.4 Å². The molecular weight excluding hydrogens is 274 g/mol. The monoisotopic (exact) mass is 289 g/mol. The lowest BCUT2D eigenvalue weighted by Gasteiger charge is -2.08. The van der Waals surface area contributed by atoms with E-state index in [2.05, 4.69) is 5.32 Å². The highest BCUT2D eigenvalue weighted by Gasteiger charge is 2.07. The summed E-state index contributed by atoms with van der Waals surface area (Å²) in [6.07, 6.45) is 0.279. The number of carbonyl (C=O) groups is 1. The summed E-state index contributed by atoms with van der Waals surface area (Å²) in [7, 11) is 1.60. The van der Waals surface area contributed by atoms with Crippen LogP contribution >= 0.6 is 11.6 Å². The molecule has 0 aliphatic heterocycles.